The Morgan fingerprint density at radius 3 is 2.67 bits per heavy atom. The quantitative estimate of drug-likeness (QED) is 0.406. The summed E-state index contributed by atoms with van der Waals surface area (Å²) in [7, 11) is 0. The molecule has 4 rings (SSSR count). The zero-order chi connectivity index (χ0) is 25.9. The number of nitrogens with one attached hydrogen (secondary N) is 2. The number of alkyl carbamates (subject to hydrolysis) is 1. The van der Waals surface area contributed by atoms with Crippen LogP contribution in [0.5, 0.6) is 0 Å². The number of hydrogen-bond donors (Lipinski definition) is 2. The van der Waals surface area contributed by atoms with Crippen molar-refractivity contribution in [2.75, 3.05) is 5.32 Å². The number of rotatable bonds is 7. The van der Waals surface area contributed by atoms with Crippen molar-refractivity contribution >= 4 is 17.7 Å². The van der Waals surface area contributed by atoms with Crippen LogP contribution in [0, 0.1) is 6.92 Å². The Morgan fingerprint density at radius 1 is 1.14 bits per heavy atom. The van der Waals surface area contributed by atoms with Crippen molar-refractivity contribution in [3.05, 3.63) is 53.0 Å². The van der Waals surface area contributed by atoms with E-state index in [-0.39, 0.29) is 12.1 Å². The summed E-state index contributed by atoms with van der Waals surface area (Å²) in [6.07, 6.45) is 6.07. The number of aryl methyl sites for hydroxylation is 4. The van der Waals surface area contributed by atoms with Crippen LogP contribution in [-0.4, -0.2) is 31.4 Å². The summed E-state index contributed by atoms with van der Waals surface area (Å²) in [6.45, 7) is 12.9. The van der Waals surface area contributed by atoms with Gasteiger partial charge in [0.25, 0.3) is 0 Å². The van der Waals surface area contributed by atoms with E-state index < -0.39 is 5.60 Å². The minimum Gasteiger partial charge on any atom is -0.444 e. The monoisotopic (exact) mass is 490 g/mol. The Morgan fingerprint density at radius 2 is 1.94 bits per heavy atom. The Bertz CT molecular complexity index is 1230. The molecule has 0 saturated heterocycles. The molecular weight excluding hydrogens is 452 g/mol. The van der Waals surface area contributed by atoms with Crippen LogP contribution in [0.15, 0.2) is 30.6 Å². The van der Waals surface area contributed by atoms with Crippen LogP contribution in [0.1, 0.15) is 82.3 Å². The molecule has 1 amide bonds. The first-order valence-electron chi connectivity index (χ1n) is 13.0. The number of fused-ring (bicyclic) bond motifs is 1. The third-order valence-electron chi connectivity index (χ3n) is 6.35. The fraction of sp³-hybridized carbons (Fsp3) is 0.500. The average Bonchev–Trinajstić information content (AvgIpc) is 3.19. The van der Waals surface area contributed by atoms with Crippen LogP contribution < -0.4 is 10.6 Å². The van der Waals surface area contributed by atoms with E-state index in [1.54, 1.807) is 6.33 Å². The maximum Gasteiger partial charge on any atom is 0.408 e. The van der Waals surface area contributed by atoms with E-state index in [2.05, 4.69) is 64.3 Å². The number of ether oxygens (including phenoxy) is 1. The highest BCUT2D eigenvalue weighted by Crippen LogP contribution is 2.35. The fourth-order valence-corrected chi connectivity index (χ4v) is 4.75. The van der Waals surface area contributed by atoms with Crippen molar-refractivity contribution in [1.29, 1.82) is 0 Å². The summed E-state index contributed by atoms with van der Waals surface area (Å²) in [5.41, 5.74) is 6.12. The molecule has 1 aliphatic carbocycles. The lowest BCUT2D eigenvalue weighted by molar-refractivity contribution is 0.0498. The van der Waals surface area contributed by atoms with Gasteiger partial charge in [0.1, 0.15) is 17.7 Å². The van der Waals surface area contributed by atoms with Gasteiger partial charge in [-0.1, -0.05) is 19.9 Å². The van der Waals surface area contributed by atoms with E-state index in [9.17, 15) is 4.79 Å². The van der Waals surface area contributed by atoms with E-state index >= 15 is 0 Å². The summed E-state index contributed by atoms with van der Waals surface area (Å²) in [4.78, 5) is 21.4. The Hall–Kier alpha value is -3.42. The van der Waals surface area contributed by atoms with E-state index in [0.29, 0.717) is 5.82 Å². The summed E-state index contributed by atoms with van der Waals surface area (Å²) < 4.78 is 7.55. The molecule has 1 aromatic carbocycles. The lowest BCUT2D eigenvalue weighted by Crippen LogP contribution is -2.36. The molecule has 1 aliphatic rings. The second-order valence-corrected chi connectivity index (χ2v) is 10.5. The number of nitrogens with zero attached hydrogens (tertiary/aromatic N) is 4. The number of hydrogen-bond acceptors (Lipinski definition) is 6. The van der Waals surface area contributed by atoms with Gasteiger partial charge in [-0.2, -0.15) is 5.10 Å². The van der Waals surface area contributed by atoms with E-state index in [4.69, 9.17) is 9.84 Å². The average molecular weight is 491 g/mol. The van der Waals surface area contributed by atoms with Gasteiger partial charge in [0, 0.05) is 29.9 Å². The first kappa shape index (κ1) is 25.7. The maximum atomic E-state index is 12.4. The molecule has 0 saturated carbocycles. The lowest BCUT2D eigenvalue weighted by atomic mass is 9.84. The molecule has 2 aromatic heterocycles. The van der Waals surface area contributed by atoms with Gasteiger partial charge in [0.15, 0.2) is 5.82 Å². The second kappa shape index (κ2) is 10.7. The molecule has 0 radical (unpaired) electrons. The van der Waals surface area contributed by atoms with Gasteiger partial charge in [0.2, 0.25) is 0 Å². The third kappa shape index (κ3) is 6.04. The zero-order valence-electron chi connectivity index (χ0n) is 22.3. The van der Waals surface area contributed by atoms with Crippen molar-refractivity contribution in [3.63, 3.8) is 0 Å². The highest BCUT2D eigenvalue weighted by molar-refractivity contribution is 5.71. The van der Waals surface area contributed by atoms with Crippen LogP contribution in [0.2, 0.25) is 0 Å². The first-order chi connectivity index (χ1) is 17.2. The Balaban J connectivity index is 1.57. The molecule has 192 valence electrons. The summed E-state index contributed by atoms with van der Waals surface area (Å²) in [6, 6.07) is 8.40. The number of amides is 1. The predicted molar refractivity (Wildman–Crippen MR) is 142 cm³/mol. The standard InChI is InChI=1S/C28H38N6O2/c1-7-12-34-20(8-2)15-26(33-34)32-25-16-24(29-17-30-25)21-14-19-10-9-11-23(22(19)13-18(21)3)31-27(35)36-28(4,5)6/h13-17,23H,7-12H2,1-6H3,(H,31,35)(H,29,30,32,33). The van der Waals surface area contributed by atoms with Gasteiger partial charge < -0.3 is 15.4 Å². The molecule has 36 heavy (non-hydrogen) atoms. The number of carbonyl (C=O) groups is 1. The zero-order valence-corrected chi connectivity index (χ0v) is 22.3. The summed E-state index contributed by atoms with van der Waals surface area (Å²) >= 11 is 0. The van der Waals surface area contributed by atoms with E-state index in [1.807, 2.05) is 26.8 Å². The van der Waals surface area contributed by atoms with Gasteiger partial charge in [-0.05, 0) is 82.6 Å². The van der Waals surface area contributed by atoms with Gasteiger partial charge in [0.05, 0.1) is 11.7 Å². The molecule has 1 unspecified atom stereocenters. The molecular formula is C28H38N6O2. The number of anilines is 2. The SMILES string of the molecule is CCCn1nc(Nc2cc(-c3cc4c(cc3C)C(NC(=O)OC(C)(C)C)CCC4)ncn2)cc1CC. The van der Waals surface area contributed by atoms with Crippen LogP contribution >= 0.6 is 0 Å². The highest BCUT2D eigenvalue weighted by Gasteiger charge is 2.26. The van der Waals surface area contributed by atoms with Crippen LogP contribution in [-0.2, 0) is 24.1 Å². The molecule has 0 spiro atoms. The molecule has 2 heterocycles. The highest BCUT2D eigenvalue weighted by atomic mass is 16.6. The largest absolute Gasteiger partial charge is 0.444 e. The molecule has 0 aliphatic heterocycles. The third-order valence-corrected chi connectivity index (χ3v) is 6.35. The van der Waals surface area contributed by atoms with Gasteiger partial charge in [-0.25, -0.2) is 14.8 Å². The topological polar surface area (TPSA) is 94.0 Å². The Kier molecular flexibility index (Phi) is 7.62. The Labute approximate surface area is 213 Å². The molecule has 0 fully saturated rings. The summed E-state index contributed by atoms with van der Waals surface area (Å²) in [5.74, 6) is 1.51. The lowest BCUT2D eigenvalue weighted by Gasteiger charge is -2.29. The molecule has 1 atom stereocenters. The number of aromatic nitrogens is 4. The first-order valence-corrected chi connectivity index (χ1v) is 13.0. The van der Waals surface area contributed by atoms with Crippen LogP contribution in [0.4, 0.5) is 16.4 Å². The number of carbonyl (C=O) groups excluding carboxylic acids is 1. The normalized spacial score (nSPS) is 15.3. The van der Waals surface area contributed by atoms with Crippen LogP contribution in [0.3, 0.4) is 0 Å². The minimum atomic E-state index is -0.521. The van der Waals surface area contributed by atoms with E-state index in [1.165, 1.54) is 11.3 Å². The van der Waals surface area contributed by atoms with Crippen molar-refractivity contribution in [2.24, 2.45) is 0 Å². The number of benzene rings is 1. The second-order valence-electron chi connectivity index (χ2n) is 10.5. The smallest absolute Gasteiger partial charge is 0.408 e. The predicted octanol–water partition coefficient (Wildman–Crippen LogP) is 6.27. The molecule has 3 aromatic rings. The summed E-state index contributed by atoms with van der Waals surface area (Å²) in [5, 5.41) is 11.1. The van der Waals surface area contributed by atoms with Crippen molar-refractivity contribution in [2.45, 2.75) is 91.8 Å². The fourth-order valence-electron chi connectivity index (χ4n) is 4.75. The van der Waals surface area contributed by atoms with E-state index in [0.717, 1.165) is 66.9 Å². The molecule has 0 bridgehead atoms. The van der Waals surface area contributed by atoms with Gasteiger partial charge >= 0.3 is 6.09 Å². The maximum absolute atomic E-state index is 12.4. The van der Waals surface area contributed by atoms with Crippen molar-refractivity contribution in [1.82, 2.24) is 25.1 Å². The molecule has 8 heteroatoms. The minimum absolute atomic E-state index is 0.0510. The van der Waals surface area contributed by atoms with Gasteiger partial charge in [-0.15, -0.1) is 0 Å². The molecule has 8 nitrogen and oxygen atoms in total. The molecule has 2 N–H and O–H groups in total. The van der Waals surface area contributed by atoms with Crippen molar-refractivity contribution < 1.29 is 9.53 Å². The van der Waals surface area contributed by atoms with Crippen molar-refractivity contribution in [3.8, 4) is 11.3 Å². The van der Waals surface area contributed by atoms with Gasteiger partial charge in [-0.3, -0.25) is 4.68 Å². The van der Waals surface area contributed by atoms with Crippen LogP contribution in [0.25, 0.3) is 11.3 Å².